The van der Waals surface area contributed by atoms with Crippen LogP contribution in [0.3, 0.4) is 0 Å². The van der Waals surface area contributed by atoms with Crippen molar-refractivity contribution in [2.75, 3.05) is 0 Å². The SMILES string of the molecule is CC(C)CCC(C)NCc1cc(F)ccc1Br. The number of hydrogen-bond acceptors (Lipinski definition) is 1. The summed E-state index contributed by atoms with van der Waals surface area (Å²) in [5.74, 6) is 0.556. The first-order chi connectivity index (χ1) is 7.99. The van der Waals surface area contributed by atoms with Gasteiger partial charge in [0.15, 0.2) is 0 Å². The molecule has 0 saturated heterocycles. The van der Waals surface area contributed by atoms with E-state index in [-0.39, 0.29) is 5.82 Å². The zero-order chi connectivity index (χ0) is 12.8. The topological polar surface area (TPSA) is 12.0 Å². The Morgan fingerprint density at radius 2 is 1.94 bits per heavy atom. The second-order valence-corrected chi connectivity index (χ2v) is 5.84. The Bertz CT molecular complexity index is 352. The molecule has 0 fully saturated rings. The lowest BCUT2D eigenvalue weighted by atomic mass is 10.0. The van der Waals surface area contributed by atoms with E-state index in [4.69, 9.17) is 0 Å². The minimum absolute atomic E-state index is 0.181. The minimum atomic E-state index is -0.181. The Morgan fingerprint density at radius 3 is 2.59 bits per heavy atom. The number of benzene rings is 1. The van der Waals surface area contributed by atoms with Gasteiger partial charge in [-0.1, -0.05) is 29.8 Å². The van der Waals surface area contributed by atoms with E-state index in [1.54, 1.807) is 12.1 Å². The molecule has 0 radical (unpaired) electrons. The van der Waals surface area contributed by atoms with E-state index >= 15 is 0 Å². The first-order valence-corrected chi connectivity index (χ1v) is 6.95. The number of hydrogen-bond donors (Lipinski definition) is 1. The van der Waals surface area contributed by atoms with Crippen molar-refractivity contribution in [2.24, 2.45) is 5.92 Å². The van der Waals surface area contributed by atoms with Crippen LogP contribution in [0.1, 0.15) is 39.2 Å². The highest BCUT2D eigenvalue weighted by atomic mass is 79.9. The van der Waals surface area contributed by atoms with Crippen molar-refractivity contribution in [1.82, 2.24) is 5.32 Å². The summed E-state index contributed by atoms with van der Waals surface area (Å²) in [4.78, 5) is 0. The zero-order valence-corrected chi connectivity index (χ0v) is 12.3. The van der Waals surface area contributed by atoms with E-state index in [1.165, 1.54) is 12.5 Å². The third-order valence-corrected chi connectivity index (χ3v) is 3.60. The summed E-state index contributed by atoms with van der Waals surface area (Å²) in [6, 6.07) is 5.26. The molecule has 0 aromatic heterocycles. The molecule has 0 spiro atoms. The molecule has 96 valence electrons. The van der Waals surface area contributed by atoms with Gasteiger partial charge in [-0.2, -0.15) is 0 Å². The fraction of sp³-hybridized carbons (Fsp3) is 0.571. The largest absolute Gasteiger partial charge is 0.310 e. The Balaban J connectivity index is 2.41. The Hall–Kier alpha value is -0.410. The highest BCUT2D eigenvalue weighted by Gasteiger charge is 2.06. The summed E-state index contributed by atoms with van der Waals surface area (Å²) < 4.78 is 14.0. The van der Waals surface area contributed by atoms with Gasteiger partial charge in [0.05, 0.1) is 0 Å². The Kier molecular flexibility index (Phi) is 6.14. The predicted molar refractivity (Wildman–Crippen MR) is 74.5 cm³/mol. The molecule has 1 unspecified atom stereocenters. The molecule has 0 saturated carbocycles. The van der Waals surface area contributed by atoms with E-state index in [1.807, 2.05) is 0 Å². The third kappa shape index (κ3) is 5.64. The molecule has 1 atom stereocenters. The summed E-state index contributed by atoms with van der Waals surface area (Å²) in [5, 5.41) is 3.43. The molecule has 1 aromatic rings. The molecule has 17 heavy (non-hydrogen) atoms. The molecule has 0 heterocycles. The maximum Gasteiger partial charge on any atom is 0.123 e. The molecule has 0 aliphatic carbocycles. The highest BCUT2D eigenvalue weighted by Crippen LogP contribution is 2.18. The van der Waals surface area contributed by atoms with Crippen LogP contribution < -0.4 is 5.32 Å². The molecule has 1 rings (SSSR count). The van der Waals surface area contributed by atoms with Crippen LogP contribution in [0.2, 0.25) is 0 Å². The quantitative estimate of drug-likeness (QED) is 0.815. The van der Waals surface area contributed by atoms with Crippen molar-refractivity contribution < 1.29 is 4.39 Å². The molecule has 1 aromatic carbocycles. The molecular weight excluding hydrogens is 281 g/mol. The van der Waals surface area contributed by atoms with Crippen LogP contribution in [0.25, 0.3) is 0 Å². The first kappa shape index (κ1) is 14.7. The van der Waals surface area contributed by atoms with Gasteiger partial charge in [-0.3, -0.25) is 0 Å². The van der Waals surface area contributed by atoms with Crippen LogP contribution in [0.4, 0.5) is 4.39 Å². The summed E-state index contributed by atoms with van der Waals surface area (Å²) in [6.45, 7) is 7.35. The van der Waals surface area contributed by atoms with Gasteiger partial charge in [-0.25, -0.2) is 4.39 Å². The van der Waals surface area contributed by atoms with Crippen molar-refractivity contribution in [3.63, 3.8) is 0 Å². The number of halogens is 2. The van der Waals surface area contributed by atoms with Crippen LogP contribution in [0, 0.1) is 11.7 Å². The second kappa shape index (κ2) is 7.12. The zero-order valence-electron chi connectivity index (χ0n) is 10.8. The van der Waals surface area contributed by atoms with Crippen molar-refractivity contribution in [3.8, 4) is 0 Å². The van der Waals surface area contributed by atoms with Gasteiger partial charge in [0, 0.05) is 17.1 Å². The Labute approximate surface area is 112 Å². The standard InChI is InChI=1S/C14H21BrFN/c1-10(2)4-5-11(3)17-9-12-8-13(16)6-7-14(12)15/h6-8,10-11,17H,4-5,9H2,1-3H3. The molecule has 0 amide bonds. The van der Waals surface area contributed by atoms with Crippen LogP contribution in [-0.2, 0) is 6.54 Å². The van der Waals surface area contributed by atoms with Crippen LogP contribution >= 0.6 is 15.9 Å². The van der Waals surface area contributed by atoms with Crippen LogP contribution in [-0.4, -0.2) is 6.04 Å². The third-order valence-electron chi connectivity index (χ3n) is 2.83. The Morgan fingerprint density at radius 1 is 1.24 bits per heavy atom. The van der Waals surface area contributed by atoms with Gasteiger partial charge < -0.3 is 5.32 Å². The molecular formula is C14H21BrFN. The molecule has 0 aliphatic rings. The van der Waals surface area contributed by atoms with E-state index in [0.717, 1.165) is 22.4 Å². The van der Waals surface area contributed by atoms with Crippen molar-refractivity contribution in [1.29, 1.82) is 0 Å². The van der Waals surface area contributed by atoms with E-state index in [0.29, 0.717) is 12.6 Å². The maximum absolute atomic E-state index is 13.1. The van der Waals surface area contributed by atoms with Gasteiger partial charge in [-0.05, 0) is 49.4 Å². The molecule has 0 aliphatic heterocycles. The normalized spacial score (nSPS) is 13.1. The molecule has 0 bridgehead atoms. The molecule has 3 heteroatoms. The smallest absolute Gasteiger partial charge is 0.123 e. The van der Waals surface area contributed by atoms with E-state index in [2.05, 4.69) is 42.0 Å². The lowest BCUT2D eigenvalue weighted by Gasteiger charge is -2.15. The van der Waals surface area contributed by atoms with Gasteiger partial charge in [0.25, 0.3) is 0 Å². The van der Waals surface area contributed by atoms with Crippen molar-refractivity contribution in [3.05, 3.63) is 34.1 Å². The molecule has 1 N–H and O–H groups in total. The van der Waals surface area contributed by atoms with Gasteiger partial charge >= 0.3 is 0 Å². The summed E-state index contributed by atoms with van der Waals surface area (Å²) in [5.41, 5.74) is 0.974. The van der Waals surface area contributed by atoms with Gasteiger partial charge in [0.2, 0.25) is 0 Å². The van der Waals surface area contributed by atoms with E-state index < -0.39 is 0 Å². The fourth-order valence-electron chi connectivity index (χ4n) is 1.65. The van der Waals surface area contributed by atoms with Gasteiger partial charge in [0.1, 0.15) is 5.82 Å². The summed E-state index contributed by atoms with van der Waals surface area (Å²) in [7, 11) is 0. The van der Waals surface area contributed by atoms with Crippen LogP contribution in [0.15, 0.2) is 22.7 Å². The minimum Gasteiger partial charge on any atom is -0.310 e. The average molecular weight is 302 g/mol. The number of nitrogens with one attached hydrogen (secondary N) is 1. The average Bonchev–Trinajstić information content (AvgIpc) is 2.27. The monoisotopic (exact) mass is 301 g/mol. The lowest BCUT2D eigenvalue weighted by Crippen LogP contribution is -2.26. The highest BCUT2D eigenvalue weighted by molar-refractivity contribution is 9.10. The second-order valence-electron chi connectivity index (χ2n) is 4.99. The van der Waals surface area contributed by atoms with Gasteiger partial charge in [-0.15, -0.1) is 0 Å². The number of rotatable bonds is 6. The van der Waals surface area contributed by atoms with Crippen molar-refractivity contribution >= 4 is 15.9 Å². The molecule has 1 nitrogen and oxygen atoms in total. The predicted octanol–water partition coefficient (Wildman–Crippen LogP) is 4.50. The van der Waals surface area contributed by atoms with Crippen LogP contribution in [0.5, 0.6) is 0 Å². The lowest BCUT2D eigenvalue weighted by molar-refractivity contribution is 0.450. The van der Waals surface area contributed by atoms with Crippen molar-refractivity contribution in [2.45, 2.75) is 46.2 Å². The maximum atomic E-state index is 13.1. The van der Waals surface area contributed by atoms with E-state index in [9.17, 15) is 4.39 Å². The summed E-state index contributed by atoms with van der Waals surface area (Å²) >= 11 is 3.44. The fourth-order valence-corrected chi connectivity index (χ4v) is 2.04. The summed E-state index contributed by atoms with van der Waals surface area (Å²) in [6.07, 6.45) is 2.38. The first-order valence-electron chi connectivity index (χ1n) is 6.16.